The average molecular weight is 298 g/mol. The van der Waals surface area contributed by atoms with Gasteiger partial charge in [0, 0.05) is 7.05 Å². The summed E-state index contributed by atoms with van der Waals surface area (Å²) in [6, 6.07) is 2.01. The average Bonchev–Trinajstić information content (AvgIpc) is 3.01. The van der Waals surface area contributed by atoms with Crippen LogP contribution in [0.5, 0.6) is 0 Å². The normalized spacial score (nSPS) is 10.7. The zero-order valence-corrected chi connectivity index (χ0v) is 12.5. The van der Waals surface area contributed by atoms with Crippen molar-refractivity contribution >= 4 is 29.1 Å². The number of methoxy groups -OCH3 is 1. The van der Waals surface area contributed by atoms with E-state index in [0.29, 0.717) is 0 Å². The Morgan fingerprint density at radius 3 is 2.95 bits per heavy atom. The number of aryl methyl sites for hydroxylation is 2. The number of aromatic nitrogens is 4. The quantitative estimate of drug-likeness (QED) is 0.619. The second-order valence-corrected chi connectivity index (χ2v) is 5.94. The van der Waals surface area contributed by atoms with Crippen molar-refractivity contribution in [2.24, 2.45) is 7.05 Å². The van der Waals surface area contributed by atoms with Crippen LogP contribution >= 0.6 is 23.1 Å². The minimum absolute atomic E-state index is 0.247. The number of carbonyl (C=O) groups excluding carboxylic acids is 1. The van der Waals surface area contributed by atoms with Gasteiger partial charge in [0.05, 0.1) is 24.3 Å². The summed E-state index contributed by atoms with van der Waals surface area (Å²) in [7, 11) is 3.26. The molecule has 8 heteroatoms. The summed E-state index contributed by atoms with van der Waals surface area (Å²) in [4.78, 5) is 11.1. The molecule has 19 heavy (non-hydrogen) atoms. The Hall–Kier alpha value is -1.41. The SMILES string of the molecule is CCc1cc(-c2nnc(SCC(=O)OC)s2)n(C)n1. The first-order chi connectivity index (χ1) is 9.13. The van der Waals surface area contributed by atoms with E-state index >= 15 is 0 Å². The number of nitrogens with zero attached hydrogens (tertiary/aromatic N) is 4. The molecule has 0 saturated heterocycles. The van der Waals surface area contributed by atoms with Crippen LogP contribution in [0.1, 0.15) is 12.6 Å². The minimum Gasteiger partial charge on any atom is -0.468 e. The molecule has 2 aromatic heterocycles. The van der Waals surface area contributed by atoms with E-state index in [-0.39, 0.29) is 11.7 Å². The van der Waals surface area contributed by atoms with Crippen molar-refractivity contribution in [3.05, 3.63) is 11.8 Å². The van der Waals surface area contributed by atoms with E-state index in [2.05, 4.69) is 27.0 Å². The molecule has 0 aliphatic carbocycles. The van der Waals surface area contributed by atoms with Gasteiger partial charge in [-0.3, -0.25) is 9.48 Å². The summed E-state index contributed by atoms with van der Waals surface area (Å²) in [6.07, 6.45) is 0.886. The summed E-state index contributed by atoms with van der Waals surface area (Å²) in [5, 5.41) is 13.4. The van der Waals surface area contributed by atoms with Gasteiger partial charge in [0.1, 0.15) is 0 Å². The number of hydrogen-bond acceptors (Lipinski definition) is 7. The zero-order valence-electron chi connectivity index (χ0n) is 10.9. The molecule has 6 nitrogen and oxygen atoms in total. The second kappa shape index (κ2) is 6.16. The van der Waals surface area contributed by atoms with Gasteiger partial charge in [0.25, 0.3) is 0 Å². The monoisotopic (exact) mass is 298 g/mol. The molecule has 0 N–H and O–H groups in total. The largest absolute Gasteiger partial charge is 0.468 e. The molecule has 2 heterocycles. The summed E-state index contributed by atoms with van der Waals surface area (Å²) in [5.41, 5.74) is 1.97. The molecule has 102 valence electrons. The lowest BCUT2D eigenvalue weighted by atomic mass is 10.3. The van der Waals surface area contributed by atoms with Gasteiger partial charge < -0.3 is 4.74 Å². The highest BCUT2D eigenvalue weighted by Crippen LogP contribution is 2.29. The predicted molar refractivity (Wildman–Crippen MR) is 74.2 cm³/mol. The zero-order chi connectivity index (χ0) is 13.8. The van der Waals surface area contributed by atoms with Gasteiger partial charge in [-0.25, -0.2) is 0 Å². The smallest absolute Gasteiger partial charge is 0.316 e. The maximum absolute atomic E-state index is 11.1. The highest BCUT2D eigenvalue weighted by atomic mass is 32.2. The van der Waals surface area contributed by atoms with Crippen LogP contribution in [0.25, 0.3) is 10.7 Å². The molecule has 0 fully saturated rings. The molecule has 0 aliphatic rings. The number of ether oxygens (including phenoxy) is 1. The van der Waals surface area contributed by atoms with Crippen LogP contribution in [0.15, 0.2) is 10.4 Å². The van der Waals surface area contributed by atoms with Crippen LogP contribution in [0.2, 0.25) is 0 Å². The van der Waals surface area contributed by atoms with E-state index in [1.54, 1.807) is 4.68 Å². The fourth-order valence-electron chi connectivity index (χ4n) is 1.45. The first kappa shape index (κ1) is 14.0. The number of rotatable bonds is 5. The third-order valence-corrected chi connectivity index (χ3v) is 4.51. The van der Waals surface area contributed by atoms with Crippen LogP contribution in [0.4, 0.5) is 0 Å². The van der Waals surface area contributed by atoms with Crippen molar-refractivity contribution in [1.82, 2.24) is 20.0 Å². The molecular weight excluding hydrogens is 284 g/mol. The second-order valence-electron chi connectivity index (χ2n) is 3.74. The molecule has 0 saturated carbocycles. The lowest BCUT2D eigenvalue weighted by Gasteiger charge is -1.95. The van der Waals surface area contributed by atoms with Gasteiger partial charge in [0.2, 0.25) is 0 Å². The lowest BCUT2D eigenvalue weighted by molar-refractivity contribution is -0.137. The molecule has 2 rings (SSSR count). The Morgan fingerprint density at radius 2 is 2.32 bits per heavy atom. The summed E-state index contributed by atoms with van der Waals surface area (Å²) in [5.74, 6) is -0.0213. The Kier molecular flexibility index (Phi) is 4.54. The van der Waals surface area contributed by atoms with E-state index < -0.39 is 0 Å². The fraction of sp³-hybridized carbons (Fsp3) is 0.455. The Balaban J connectivity index is 2.11. The van der Waals surface area contributed by atoms with Gasteiger partial charge in [0.15, 0.2) is 9.35 Å². The van der Waals surface area contributed by atoms with E-state index in [4.69, 9.17) is 0 Å². The number of esters is 1. The third-order valence-electron chi connectivity index (χ3n) is 2.46. The Morgan fingerprint density at radius 1 is 1.53 bits per heavy atom. The van der Waals surface area contributed by atoms with E-state index in [1.165, 1.54) is 30.2 Å². The van der Waals surface area contributed by atoms with Crippen LogP contribution in [0, 0.1) is 0 Å². The minimum atomic E-state index is -0.268. The van der Waals surface area contributed by atoms with Gasteiger partial charge >= 0.3 is 5.97 Å². The predicted octanol–water partition coefficient (Wildman–Crippen LogP) is 1.77. The fourth-order valence-corrected chi connectivity index (χ4v) is 3.18. The van der Waals surface area contributed by atoms with Crippen LogP contribution in [-0.4, -0.2) is 38.8 Å². The van der Waals surface area contributed by atoms with Gasteiger partial charge in [-0.05, 0) is 12.5 Å². The molecule has 0 atom stereocenters. The van der Waals surface area contributed by atoms with Crippen molar-refractivity contribution in [2.75, 3.05) is 12.9 Å². The number of hydrogen-bond donors (Lipinski definition) is 0. The number of thioether (sulfide) groups is 1. The molecule has 0 aromatic carbocycles. The van der Waals surface area contributed by atoms with Crippen molar-refractivity contribution in [3.8, 4) is 10.7 Å². The van der Waals surface area contributed by atoms with Crippen molar-refractivity contribution in [1.29, 1.82) is 0 Å². The van der Waals surface area contributed by atoms with Crippen LogP contribution in [0.3, 0.4) is 0 Å². The number of carbonyl (C=O) groups is 1. The molecule has 0 amide bonds. The van der Waals surface area contributed by atoms with Crippen LogP contribution in [-0.2, 0) is 23.0 Å². The maximum atomic E-state index is 11.1. The first-order valence-corrected chi connectivity index (χ1v) is 7.50. The molecule has 0 bridgehead atoms. The molecule has 0 radical (unpaired) electrons. The van der Waals surface area contributed by atoms with Crippen molar-refractivity contribution in [2.45, 2.75) is 17.7 Å². The Labute approximate surface area is 119 Å². The maximum Gasteiger partial charge on any atom is 0.316 e. The molecule has 2 aromatic rings. The van der Waals surface area contributed by atoms with E-state index in [0.717, 1.165) is 27.2 Å². The Bertz CT molecular complexity index is 579. The standard InChI is InChI=1S/C11H14N4O2S2/c1-4-7-5-8(15(2)14-7)10-12-13-11(19-10)18-6-9(16)17-3/h5H,4,6H2,1-3H3. The highest BCUT2D eigenvalue weighted by molar-refractivity contribution is 8.01. The molecule has 0 spiro atoms. The van der Waals surface area contributed by atoms with E-state index in [9.17, 15) is 4.79 Å². The molecule has 0 unspecified atom stereocenters. The lowest BCUT2D eigenvalue weighted by Crippen LogP contribution is -2.02. The summed E-state index contributed by atoms with van der Waals surface area (Å²) in [6.45, 7) is 2.06. The molecule has 0 aliphatic heterocycles. The molecular formula is C11H14N4O2S2. The third kappa shape index (κ3) is 3.32. The first-order valence-electron chi connectivity index (χ1n) is 5.70. The van der Waals surface area contributed by atoms with Gasteiger partial charge in [-0.2, -0.15) is 5.10 Å². The summed E-state index contributed by atoms with van der Waals surface area (Å²) < 4.78 is 7.13. The van der Waals surface area contributed by atoms with E-state index in [1.807, 2.05) is 13.1 Å². The van der Waals surface area contributed by atoms with Gasteiger partial charge in [-0.1, -0.05) is 30.0 Å². The summed E-state index contributed by atoms with van der Waals surface area (Å²) >= 11 is 2.78. The van der Waals surface area contributed by atoms with Crippen LogP contribution < -0.4 is 0 Å². The topological polar surface area (TPSA) is 69.9 Å². The highest BCUT2D eigenvalue weighted by Gasteiger charge is 2.13. The van der Waals surface area contributed by atoms with Crippen molar-refractivity contribution in [3.63, 3.8) is 0 Å². The van der Waals surface area contributed by atoms with Gasteiger partial charge in [-0.15, -0.1) is 10.2 Å². The van der Waals surface area contributed by atoms with Crippen molar-refractivity contribution < 1.29 is 9.53 Å².